The van der Waals surface area contributed by atoms with Crippen molar-refractivity contribution in [2.45, 2.75) is 57.0 Å². The summed E-state index contributed by atoms with van der Waals surface area (Å²) in [5, 5.41) is 3.27. The molecule has 168 valence electrons. The summed E-state index contributed by atoms with van der Waals surface area (Å²) >= 11 is 0. The summed E-state index contributed by atoms with van der Waals surface area (Å²) in [7, 11) is 4.12. The van der Waals surface area contributed by atoms with Crippen LogP contribution in [0.1, 0.15) is 51.0 Å². The van der Waals surface area contributed by atoms with E-state index in [1.807, 2.05) is 26.1 Å². The summed E-state index contributed by atoms with van der Waals surface area (Å²) in [6.45, 7) is 9.37. The maximum atomic E-state index is 13.4. The summed E-state index contributed by atoms with van der Waals surface area (Å²) in [6.07, 6.45) is 8.98. The van der Waals surface area contributed by atoms with Gasteiger partial charge >= 0.3 is 0 Å². The van der Waals surface area contributed by atoms with Gasteiger partial charge in [0.25, 0.3) is 6.47 Å². The van der Waals surface area contributed by atoms with Crippen LogP contribution < -0.4 is 5.32 Å². The lowest BCUT2D eigenvalue weighted by Gasteiger charge is -2.41. The summed E-state index contributed by atoms with van der Waals surface area (Å²) in [5.74, 6) is 1.20. The van der Waals surface area contributed by atoms with Gasteiger partial charge in [0, 0.05) is 12.0 Å². The smallest absolute Gasteiger partial charge is 0.293 e. The molecule has 1 aliphatic carbocycles. The van der Waals surface area contributed by atoms with Crippen LogP contribution in [0, 0.1) is 17.7 Å². The van der Waals surface area contributed by atoms with E-state index in [0.717, 1.165) is 50.4 Å². The van der Waals surface area contributed by atoms with Gasteiger partial charge in [0.1, 0.15) is 11.9 Å². The second-order valence-electron chi connectivity index (χ2n) is 9.03. The van der Waals surface area contributed by atoms with E-state index in [4.69, 9.17) is 4.74 Å². The first-order chi connectivity index (χ1) is 14.4. The van der Waals surface area contributed by atoms with Gasteiger partial charge in [-0.2, -0.15) is 0 Å². The Bertz CT molecular complexity index is 658. The van der Waals surface area contributed by atoms with E-state index in [1.165, 1.54) is 25.3 Å². The number of allylic oxidation sites excluding steroid dienone is 1. The van der Waals surface area contributed by atoms with E-state index < -0.39 is 0 Å². The number of rotatable bonds is 8. The summed E-state index contributed by atoms with van der Waals surface area (Å²) < 4.78 is 18.3. The first-order valence-electron chi connectivity index (χ1n) is 11.2. The molecule has 3 atom stereocenters. The molecule has 3 rings (SSSR count). The summed E-state index contributed by atoms with van der Waals surface area (Å²) in [5.41, 5.74) is 1.24. The Balaban J connectivity index is 0.000000222. The fraction of sp³-hybridized carbons (Fsp3) is 0.640. The Labute approximate surface area is 181 Å². The van der Waals surface area contributed by atoms with Crippen LogP contribution in [0.4, 0.5) is 4.39 Å². The number of hydrogen-bond donors (Lipinski definition) is 1. The average Bonchev–Trinajstić information content (AvgIpc) is 3.20. The molecule has 1 aliphatic heterocycles. The van der Waals surface area contributed by atoms with Crippen molar-refractivity contribution < 1.29 is 13.9 Å². The van der Waals surface area contributed by atoms with Crippen molar-refractivity contribution >= 4 is 6.47 Å². The third kappa shape index (κ3) is 6.92. The molecule has 2 aliphatic rings. The maximum Gasteiger partial charge on any atom is 0.293 e. The van der Waals surface area contributed by atoms with Crippen LogP contribution in [0.3, 0.4) is 0 Å². The number of benzene rings is 1. The van der Waals surface area contributed by atoms with Gasteiger partial charge < -0.3 is 15.0 Å². The largest absolute Gasteiger partial charge is 0.465 e. The van der Waals surface area contributed by atoms with Crippen LogP contribution in [0.5, 0.6) is 0 Å². The van der Waals surface area contributed by atoms with E-state index in [0.29, 0.717) is 12.4 Å². The normalized spacial score (nSPS) is 24.4. The predicted molar refractivity (Wildman–Crippen MR) is 121 cm³/mol. The number of halogens is 1. The molecule has 5 heteroatoms. The minimum Gasteiger partial charge on any atom is -0.465 e. The number of carbonyl (C=O) groups is 1. The van der Waals surface area contributed by atoms with Gasteiger partial charge in [-0.3, -0.25) is 4.79 Å². The number of nitrogens with one attached hydrogen (secondary N) is 1. The highest BCUT2D eigenvalue weighted by Crippen LogP contribution is 2.36. The number of carbonyl (C=O) groups excluding carboxylic acids is 1. The molecule has 0 amide bonds. The molecule has 1 heterocycles. The molecule has 1 N–H and O–H groups in total. The quantitative estimate of drug-likeness (QED) is 0.497. The minimum atomic E-state index is -0.128. The first-order valence-corrected chi connectivity index (χ1v) is 11.2. The molecular weight excluding hydrogens is 379 g/mol. The van der Waals surface area contributed by atoms with Crippen molar-refractivity contribution in [2.75, 3.05) is 33.7 Å². The van der Waals surface area contributed by atoms with E-state index in [2.05, 4.69) is 29.9 Å². The zero-order valence-corrected chi connectivity index (χ0v) is 18.9. The van der Waals surface area contributed by atoms with Gasteiger partial charge in [-0.25, -0.2) is 4.39 Å². The lowest BCUT2D eigenvalue weighted by Crippen LogP contribution is -2.46. The first kappa shape index (κ1) is 24.5. The number of hydrogen-bond acceptors (Lipinski definition) is 4. The van der Waals surface area contributed by atoms with Gasteiger partial charge in [0.15, 0.2) is 0 Å². The highest BCUT2D eigenvalue weighted by Gasteiger charge is 2.35. The van der Waals surface area contributed by atoms with E-state index >= 15 is 0 Å². The lowest BCUT2D eigenvalue weighted by molar-refractivity contribution is -0.135. The van der Waals surface area contributed by atoms with Gasteiger partial charge in [-0.1, -0.05) is 18.2 Å². The second-order valence-corrected chi connectivity index (χ2v) is 9.03. The molecule has 0 spiro atoms. The zero-order chi connectivity index (χ0) is 22.0. The highest BCUT2D eigenvalue weighted by atomic mass is 19.1. The van der Waals surface area contributed by atoms with Crippen LogP contribution in [0.2, 0.25) is 0 Å². The second kappa shape index (κ2) is 12.2. The summed E-state index contributed by atoms with van der Waals surface area (Å²) in [6, 6.07) is 7.10. The standard InChI is InChI=1S/C14H21FN2.C11H18O2/c1-16-11-14(6-8-17(2)9-7-14)12-4-3-5-13(15)10-12;1-3-4-10-5-6-11(7-10)9(2)13-8-12/h3-5,10,16H,6-9,11H2,1-2H3;3,8-11H,1,4-7H2,2H3. The van der Waals surface area contributed by atoms with Crippen LogP contribution in [-0.2, 0) is 14.9 Å². The molecule has 4 nitrogen and oxygen atoms in total. The average molecular weight is 419 g/mol. The topological polar surface area (TPSA) is 41.6 Å². The number of likely N-dealkylation sites (N-methyl/N-ethyl adjacent to an activating group) is 1. The van der Waals surface area contributed by atoms with Gasteiger partial charge in [-0.15, -0.1) is 6.58 Å². The van der Waals surface area contributed by atoms with Crippen molar-refractivity contribution in [1.82, 2.24) is 10.2 Å². The SMILES string of the molecule is C=CCC1CCC(C(C)OC=O)C1.CNCC1(c2cccc(F)c2)CCN(C)CC1. The van der Waals surface area contributed by atoms with E-state index in [9.17, 15) is 9.18 Å². The molecule has 0 radical (unpaired) electrons. The molecule has 1 aromatic carbocycles. The van der Waals surface area contributed by atoms with Gasteiger partial charge in [0.2, 0.25) is 0 Å². The van der Waals surface area contributed by atoms with Crippen molar-refractivity contribution in [3.05, 3.63) is 48.3 Å². The Kier molecular flexibility index (Phi) is 9.99. The van der Waals surface area contributed by atoms with Crippen molar-refractivity contribution in [2.24, 2.45) is 11.8 Å². The van der Waals surface area contributed by atoms with Crippen molar-refractivity contribution in [3.63, 3.8) is 0 Å². The molecule has 3 unspecified atom stereocenters. The molecule has 2 fully saturated rings. The minimum absolute atomic E-state index is 0.0901. The van der Waals surface area contributed by atoms with Crippen LogP contribution in [0.25, 0.3) is 0 Å². The predicted octanol–water partition coefficient (Wildman–Crippen LogP) is 4.55. The Hall–Kier alpha value is -1.72. The third-order valence-electron chi connectivity index (χ3n) is 6.91. The summed E-state index contributed by atoms with van der Waals surface area (Å²) in [4.78, 5) is 12.5. The fourth-order valence-corrected chi connectivity index (χ4v) is 4.96. The fourth-order valence-electron chi connectivity index (χ4n) is 4.96. The number of likely N-dealkylation sites (tertiary alicyclic amines) is 1. The van der Waals surface area contributed by atoms with Crippen LogP contribution in [0.15, 0.2) is 36.9 Å². The molecule has 0 aromatic heterocycles. The zero-order valence-electron chi connectivity index (χ0n) is 18.9. The van der Waals surface area contributed by atoms with Crippen LogP contribution in [-0.4, -0.2) is 51.2 Å². The molecular formula is C25H39FN2O2. The lowest BCUT2D eigenvalue weighted by atomic mass is 9.72. The number of piperidine rings is 1. The van der Waals surface area contributed by atoms with Gasteiger partial charge in [-0.05, 0) is 102 Å². The Morgan fingerprint density at radius 2 is 2.10 bits per heavy atom. The molecule has 30 heavy (non-hydrogen) atoms. The molecule has 0 bridgehead atoms. The number of ether oxygens (including phenoxy) is 1. The van der Waals surface area contributed by atoms with Crippen molar-refractivity contribution in [1.29, 1.82) is 0 Å². The van der Waals surface area contributed by atoms with E-state index in [-0.39, 0.29) is 17.3 Å². The monoisotopic (exact) mass is 418 g/mol. The Morgan fingerprint density at radius 1 is 1.37 bits per heavy atom. The Morgan fingerprint density at radius 3 is 2.70 bits per heavy atom. The van der Waals surface area contributed by atoms with E-state index in [1.54, 1.807) is 6.07 Å². The van der Waals surface area contributed by atoms with Crippen LogP contribution >= 0.6 is 0 Å². The third-order valence-corrected chi connectivity index (χ3v) is 6.91. The van der Waals surface area contributed by atoms with Gasteiger partial charge in [0.05, 0.1) is 0 Å². The highest BCUT2D eigenvalue weighted by molar-refractivity contribution is 5.37. The molecule has 1 saturated heterocycles. The number of nitrogens with zero attached hydrogens (tertiary/aromatic N) is 1. The molecule has 1 aromatic rings. The van der Waals surface area contributed by atoms with Crippen molar-refractivity contribution in [3.8, 4) is 0 Å². The molecule has 1 saturated carbocycles. The maximum absolute atomic E-state index is 13.4.